The highest BCUT2D eigenvalue weighted by Gasteiger charge is 2.51. The zero-order valence-corrected chi connectivity index (χ0v) is 12.7. The van der Waals surface area contributed by atoms with Crippen LogP contribution < -0.4 is 5.32 Å². The Hall–Kier alpha value is -0.870. The molecule has 0 radical (unpaired) electrons. The molecule has 0 spiro atoms. The molecule has 20 heavy (non-hydrogen) atoms. The average Bonchev–Trinajstić information content (AvgIpc) is 2.39. The van der Waals surface area contributed by atoms with Crippen LogP contribution in [0.15, 0.2) is 12.1 Å². The highest BCUT2D eigenvalue weighted by molar-refractivity contribution is 6.33. The van der Waals surface area contributed by atoms with Crippen molar-refractivity contribution in [3.8, 4) is 0 Å². The van der Waals surface area contributed by atoms with Crippen molar-refractivity contribution in [2.45, 2.75) is 45.8 Å². The van der Waals surface area contributed by atoms with Crippen LogP contribution in [0.25, 0.3) is 0 Å². The predicted molar refractivity (Wildman–Crippen MR) is 77.2 cm³/mol. The SMILES string of the molecule is CCOC1CC(Nc2c(F)cc(F)cc2Cl)C1(C)CC. The summed E-state index contributed by atoms with van der Waals surface area (Å²) < 4.78 is 32.6. The Bertz CT molecular complexity index is 474. The third-order valence-electron chi connectivity index (χ3n) is 4.44. The van der Waals surface area contributed by atoms with Gasteiger partial charge in [-0.05, 0) is 25.8 Å². The van der Waals surface area contributed by atoms with Gasteiger partial charge in [-0.3, -0.25) is 0 Å². The van der Waals surface area contributed by atoms with Crippen LogP contribution >= 0.6 is 11.6 Å². The van der Waals surface area contributed by atoms with Gasteiger partial charge in [-0.1, -0.05) is 25.4 Å². The Balaban J connectivity index is 2.16. The zero-order valence-electron chi connectivity index (χ0n) is 12.0. The Morgan fingerprint density at radius 2 is 2.10 bits per heavy atom. The predicted octanol–water partition coefficient (Wildman–Crippen LogP) is 4.62. The number of benzene rings is 1. The van der Waals surface area contributed by atoms with Gasteiger partial charge in [0.05, 0.1) is 16.8 Å². The molecular formula is C15H20ClF2NO. The second-order valence-corrected chi connectivity index (χ2v) is 5.89. The average molecular weight is 304 g/mol. The third kappa shape index (κ3) is 2.63. The summed E-state index contributed by atoms with van der Waals surface area (Å²) in [5.74, 6) is -1.33. The lowest BCUT2D eigenvalue weighted by atomic mass is 9.61. The van der Waals surface area contributed by atoms with Gasteiger partial charge >= 0.3 is 0 Å². The number of hydrogen-bond acceptors (Lipinski definition) is 2. The van der Waals surface area contributed by atoms with Gasteiger partial charge in [0.25, 0.3) is 0 Å². The molecule has 1 aromatic carbocycles. The molecule has 2 rings (SSSR count). The summed E-state index contributed by atoms with van der Waals surface area (Å²) in [6.45, 7) is 6.83. The first-order chi connectivity index (χ1) is 9.42. The van der Waals surface area contributed by atoms with E-state index in [-0.39, 0.29) is 28.3 Å². The maximum Gasteiger partial charge on any atom is 0.150 e. The lowest BCUT2D eigenvalue weighted by molar-refractivity contribution is -0.109. The van der Waals surface area contributed by atoms with Crippen LogP contribution in [0.2, 0.25) is 5.02 Å². The molecule has 1 N–H and O–H groups in total. The summed E-state index contributed by atoms with van der Waals surface area (Å²) in [5.41, 5.74) is 0.105. The maximum absolute atomic E-state index is 13.8. The molecule has 3 unspecified atom stereocenters. The van der Waals surface area contributed by atoms with Crippen molar-refractivity contribution < 1.29 is 13.5 Å². The maximum atomic E-state index is 13.8. The number of halogens is 3. The van der Waals surface area contributed by atoms with E-state index >= 15 is 0 Å². The van der Waals surface area contributed by atoms with Gasteiger partial charge in [0.1, 0.15) is 5.82 Å². The van der Waals surface area contributed by atoms with Crippen molar-refractivity contribution in [1.29, 1.82) is 0 Å². The minimum absolute atomic E-state index is 0.0693. The normalized spacial score (nSPS) is 29.1. The molecule has 0 amide bonds. The Kier molecular flexibility index (Phi) is 4.55. The number of ether oxygens (including phenoxy) is 1. The molecular weight excluding hydrogens is 284 g/mol. The molecule has 0 saturated heterocycles. The Morgan fingerprint density at radius 1 is 1.40 bits per heavy atom. The first kappa shape index (κ1) is 15.5. The minimum atomic E-state index is -0.669. The van der Waals surface area contributed by atoms with Gasteiger partial charge in [-0.15, -0.1) is 0 Å². The van der Waals surface area contributed by atoms with Gasteiger partial charge in [0, 0.05) is 24.1 Å². The van der Waals surface area contributed by atoms with Crippen LogP contribution in [0.4, 0.5) is 14.5 Å². The number of rotatable bonds is 5. The van der Waals surface area contributed by atoms with Crippen LogP contribution in [-0.4, -0.2) is 18.8 Å². The fraction of sp³-hybridized carbons (Fsp3) is 0.600. The fourth-order valence-electron chi connectivity index (χ4n) is 2.83. The van der Waals surface area contributed by atoms with Gasteiger partial charge in [0.2, 0.25) is 0 Å². The molecule has 3 atom stereocenters. The van der Waals surface area contributed by atoms with Crippen molar-refractivity contribution in [2.24, 2.45) is 5.41 Å². The summed E-state index contributed by atoms with van der Waals surface area (Å²) >= 11 is 5.92. The van der Waals surface area contributed by atoms with Crippen LogP contribution in [0, 0.1) is 17.0 Å². The molecule has 0 aromatic heterocycles. The topological polar surface area (TPSA) is 21.3 Å². The summed E-state index contributed by atoms with van der Waals surface area (Å²) in [4.78, 5) is 0. The fourth-order valence-corrected chi connectivity index (χ4v) is 3.08. The summed E-state index contributed by atoms with van der Waals surface area (Å²) in [6.07, 6.45) is 1.87. The Labute approximate surface area is 123 Å². The molecule has 0 heterocycles. The molecule has 2 nitrogen and oxygen atoms in total. The standard InChI is InChI=1S/C15H20ClF2NO/c1-4-15(3)12(8-13(15)20-5-2)19-14-10(16)6-9(17)7-11(14)18/h6-7,12-13,19H,4-5,8H2,1-3H3. The van der Waals surface area contributed by atoms with E-state index in [0.29, 0.717) is 6.61 Å². The van der Waals surface area contributed by atoms with Crippen molar-refractivity contribution in [3.63, 3.8) is 0 Å². The lowest BCUT2D eigenvalue weighted by Gasteiger charge is -2.54. The van der Waals surface area contributed by atoms with E-state index in [1.165, 1.54) is 0 Å². The summed E-state index contributed by atoms with van der Waals surface area (Å²) in [7, 11) is 0. The van der Waals surface area contributed by atoms with Crippen molar-refractivity contribution >= 4 is 17.3 Å². The van der Waals surface area contributed by atoms with Gasteiger partial charge in [0.15, 0.2) is 5.82 Å². The Morgan fingerprint density at radius 3 is 2.65 bits per heavy atom. The van der Waals surface area contributed by atoms with Gasteiger partial charge in [-0.2, -0.15) is 0 Å². The summed E-state index contributed by atoms with van der Waals surface area (Å²) in [5, 5.41) is 3.19. The van der Waals surface area contributed by atoms with Crippen LogP contribution in [0.5, 0.6) is 0 Å². The monoisotopic (exact) mass is 303 g/mol. The van der Waals surface area contributed by atoms with Crippen molar-refractivity contribution in [2.75, 3.05) is 11.9 Å². The van der Waals surface area contributed by atoms with Gasteiger partial charge < -0.3 is 10.1 Å². The molecule has 1 aromatic rings. The lowest BCUT2D eigenvalue weighted by Crippen LogP contribution is -2.59. The molecule has 0 aliphatic heterocycles. The highest BCUT2D eigenvalue weighted by atomic mass is 35.5. The quantitative estimate of drug-likeness (QED) is 0.856. The van der Waals surface area contributed by atoms with E-state index in [1.807, 2.05) is 6.92 Å². The first-order valence-corrected chi connectivity index (χ1v) is 7.32. The molecule has 1 fully saturated rings. The highest BCUT2D eigenvalue weighted by Crippen LogP contribution is 2.48. The van der Waals surface area contributed by atoms with E-state index in [1.54, 1.807) is 0 Å². The summed E-state index contributed by atoms with van der Waals surface area (Å²) in [6, 6.07) is 2.03. The van der Waals surface area contributed by atoms with E-state index in [4.69, 9.17) is 16.3 Å². The molecule has 5 heteroatoms. The molecule has 1 saturated carbocycles. The molecule has 1 aliphatic rings. The van der Waals surface area contributed by atoms with E-state index < -0.39 is 11.6 Å². The van der Waals surface area contributed by atoms with E-state index in [9.17, 15) is 8.78 Å². The molecule has 0 bridgehead atoms. The zero-order chi connectivity index (χ0) is 14.9. The minimum Gasteiger partial charge on any atom is -0.378 e. The second-order valence-electron chi connectivity index (χ2n) is 5.48. The van der Waals surface area contributed by atoms with Crippen LogP contribution in [-0.2, 0) is 4.74 Å². The molecule has 112 valence electrons. The number of nitrogens with one attached hydrogen (secondary N) is 1. The van der Waals surface area contributed by atoms with Crippen LogP contribution in [0.1, 0.15) is 33.6 Å². The van der Waals surface area contributed by atoms with Gasteiger partial charge in [-0.25, -0.2) is 8.78 Å². The largest absolute Gasteiger partial charge is 0.378 e. The van der Waals surface area contributed by atoms with Crippen molar-refractivity contribution in [1.82, 2.24) is 0 Å². The third-order valence-corrected chi connectivity index (χ3v) is 4.73. The number of anilines is 1. The molecule has 1 aliphatic carbocycles. The van der Waals surface area contributed by atoms with E-state index in [2.05, 4.69) is 19.2 Å². The second kappa shape index (κ2) is 5.86. The van der Waals surface area contributed by atoms with Crippen LogP contribution in [0.3, 0.4) is 0 Å². The van der Waals surface area contributed by atoms with Crippen molar-refractivity contribution in [3.05, 3.63) is 28.8 Å². The first-order valence-electron chi connectivity index (χ1n) is 6.95. The number of hydrogen-bond donors (Lipinski definition) is 1. The smallest absolute Gasteiger partial charge is 0.150 e. The van der Waals surface area contributed by atoms with E-state index in [0.717, 1.165) is 25.0 Å².